The number of hydrogen-bond acceptors (Lipinski definition) is 1. The van der Waals surface area contributed by atoms with Crippen LogP contribution >= 0.6 is 11.6 Å². The van der Waals surface area contributed by atoms with E-state index >= 15 is 0 Å². The van der Waals surface area contributed by atoms with E-state index in [1.165, 1.54) is 24.8 Å². The van der Waals surface area contributed by atoms with Crippen LogP contribution in [0.3, 0.4) is 0 Å². The number of nitrogens with one attached hydrogen (secondary N) is 1. The van der Waals surface area contributed by atoms with E-state index in [0.717, 1.165) is 18.0 Å². The third-order valence-electron chi connectivity index (χ3n) is 4.16. The number of piperidine rings is 1. The van der Waals surface area contributed by atoms with Crippen molar-refractivity contribution in [2.45, 2.75) is 45.6 Å². The smallest absolute Gasteiger partial charge is 0.0406 e. The summed E-state index contributed by atoms with van der Waals surface area (Å²) in [4.78, 5) is 0. The van der Waals surface area contributed by atoms with Crippen LogP contribution in [0.15, 0.2) is 24.3 Å². The second-order valence-corrected chi connectivity index (χ2v) is 6.05. The van der Waals surface area contributed by atoms with Gasteiger partial charge < -0.3 is 5.32 Å². The lowest BCUT2D eigenvalue weighted by atomic mass is 9.78. The van der Waals surface area contributed by atoms with Gasteiger partial charge in [0.25, 0.3) is 0 Å². The number of rotatable bonds is 3. The van der Waals surface area contributed by atoms with E-state index in [-0.39, 0.29) is 0 Å². The molecule has 0 saturated carbocycles. The molecule has 1 aromatic carbocycles. The molecule has 2 atom stereocenters. The van der Waals surface area contributed by atoms with Crippen molar-refractivity contribution in [3.63, 3.8) is 0 Å². The minimum atomic E-state index is 0.510. The maximum Gasteiger partial charge on any atom is 0.0406 e. The first-order valence-corrected chi connectivity index (χ1v) is 6.97. The summed E-state index contributed by atoms with van der Waals surface area (Å²) in [5.41, 5.74) is 1.89. The summed E-state index contributed by atoms with van der Waals surface area (Å²) in [6, 6.07) is 8.87. The maximum absolute atomic E-state index is 5.89. The standard InChI is InChI=1S/C15H22ClN/c1-3-15(2)9-8-14(17-11-15)10-12-4-6-13(16)7-5-12/h4-7,14,17H,3,8-11H2,1-2H3/t14-,15?/m1/s1. The normalized spacial score (nSPS) is 29.2. The molecule has 1 unspecified atom stereocenters. The molecule has 0 spiro atoms. The summed E-state index contributed by atoms with van der Waals surface area (Å²) in [5, 5.41) is 4.51. The molecule has 0 radical (unpaired) electrons. The molecule has 0 aromatic heterocycles. The van der Waals surface area contributed by atoms with E-state index in [9.17, 15) is 0 Å². The predicted octanol–water partition coefficient (Wildman–Crippen LogP) is 4.05. The molecule has 0 bridgehead atoms. The molecule has 1 aromatic rings. The van der Waals surface area contributed by atoms with Gasteiger partial charge in [0, 0.05) is 17.6 Å². The van der Waals surface area contributed by atoms with Crippen molar-refractivity contribution >= 4 is 11.6 Å². The molecule has 1 nitrogen and oxygen atoms in total. The van der Waals surface area contributed by atoms with Crippen molar-refractivity contribution < 1.29 is 0 Å². The van der Waals surface area contributed by atoms with E-state index in [4.69, 9.17) is 11.6 Å². The highest BCUT2D eigenvalue weighted by Gasteiger charge is 2.28. The van der Waals surface area contributed by atoms with Crippen molar-refractivity contribution in [3.05, 3.63) is 34.9 Å². The number of halogens is 1. The van der Waals surface area contributed by atoms with Crippen LogP contribution in [0, 0.1) is 5.41 Å². The minimum Gasteiger partial charge on any atom is -0.313 e. The molecule has 0 amide bonds. The van der Waals surface area contributed by atoms with E-state index in [1.54, 1.807) is 0 Å². The molecule has 1 aliphatic heterocycles. The van der Waals surface area contributed by atoms with Crippen LogP contribution in [-0.4, -0.2) is 12.6 Å². The fourth-order valence-corrected chi connectivity index (χ4v) is 2.61. The first-order chi connectivity index (χ1) is 8.11. The molecule has 0 aliphatic carbocycles. The van der Waals surface area contributed by atoms with E-state index in [2.05, 4.69) is 31.3 Å². The van der Waals surface area contributed by atoms with E-state index < -0.39 is 0 Å². The summed E-state index contributed by atoms with van der Waals surface area (Å²) in [5.74, 6) is 0. The van der Waals surface area contributed by atoms with Crippen molar-refractivity contribution in [1.29, 1.82) is 0 Å². The Kier molecular flexibility index (Phi) is 4.11. The molecule has 2 heteroatoms. The zero-order valence-corrected chi connectivity index (χ0v) is 11.6. The summed E-state index contributed by atoms with van der Waals surface area (Å²) < 4.78 is 0. The minimum absolute atomic E-state index is 0.510. The van der Waals surface area contributed by atoms with Gasteiger partial charge in [0.1, 0.15) is 0 Å². The van der Waals surface area contributed by atoms with Crippen molar-refractivity contribution in [2.75, 3.05) is 6.54 Å². The molecule has 1 heterocycles. The lowest BCUT2D eigenvalue weighted by Crippen LogP contribution is -2.45. The second kappa shape index (κ2) is 5.41. The van der Waals surface area contributed by atoms with Gasteiger partial charge in [0.15, 0.2) is 0 Å². The van der Waals surface area contributed by atoms with Gasteiger partial charge >= 0.3 is 0 Å². The van der Waals surface area contributed by atoms with Crippen molar-refractivity contribution in [3.8, 4) is 0 Å². The van der Waals surface area contributed by atoms with Crippen LogP contribution in [0.2, 0.25) is 5.02 Å². The van der Waals surface area contributed by atoms with Crippen LogP contribution in [0.1, 0.15) is 38.7 Å². The molecule has 17 heavy (non-hydrogen) atoms. The Labute approximate surface area is 110 Å². The Hall–Kier alpha value is -0.530. The van der Waals surface area contributed by atoms with Gasteiger partial charge in [-0.15, -0.1) is 0 Å². The molecule has 1 N–H and O–H groups in total. The summed E-state index contributed by atoms with van der Waals surface area (Å²) >= 11 is 5.89. The third kappa shape index (κ3) is 3.46. The molecule has 2 rings (SSSR count). The Morgan fingerprint density at radius 2 is 2.06 bits per heavy atom. The highest BCUT2D eigenvalue weighted by Crippen LogP contribution is 2.31. The van der Waals surface area contributed by atoms with Gasteiger partial charge in [-0.25, -0.2) is 0 Å². The topological polar surface area (TPSA) is 12.0 Å². The Bertz CT molecular complexity index is 350. The number of benzene rings is 1. The van der Waals surface area contributed by atoms with Gasteiger partial charge in [-0.1, -0.05) is 37.6 Å². The Morgan fingerprint density at radius 3 is 2.59 bits per heavy atom. The Balaban J connectivity index is 1.88. The zero-order valence-electron chi connectivity index (χ0n) is 10.8. The third-order valence-corrected chi connectivity index (χ3v) is 4.41. The van der Waals surface area contributed by atoms with Crippen LogP contribution in [0.4, 0.5) is 0 Å². The molecule has 1 saturated heterocycles. The van der Waals surface area contributed by atoms with Crippen LogP contribution in [-0.2, 0) is 6.42 Å². The lowest BCUT2D eigenvalue weighted by molar-refractivity contribution is 0.192. The van der Waals surface area contributed by atoms with Gasteiger partial charge in [-0.2, -0.15) is 0 Å². The quantitative estimate of drug-likeness (QED) is 0.855. The van der Waals surface area contributed by atoms with Crippen molar-refractivity contribution in [1.82, 2.24) is 5.32 Å². The SMILES string of the molecule is CCC1(C)CC[C@H](Cc2ccc(Cl)cc2)NC1. The maximum atomic E-state index is 5.89. The Morgan fingerprint density at radius 1 is 1.35 bits per heavy atom. The fraction of sp³-hybridized carbons (Fsp3) is 0.600. The number of hydrogen-bond donors (Lipinski definition) is 1. The molecule has 1 fully saturated rings. The first-order valence-electron chi connectivity index (χ1n) is 6.59. The van der Waals surface area contributed by atoms with Crippen LogP contribution in [0.25, 0.3) is 0 Å². The summed E-state index contributed by atoms with van der Waals surface area (Å²) in [6.45, 7) is 5.83. The van der Waals surface area contributed by atoms with Gasteiger partial charge in [0.2, 0.25) is 0 Å². The fourth-order valence-electron chi connectivity index (χ4n) is 2.48. The lowest BCUT2D eigenvalue weighted by Gasteiger charge is -2.37. The predicted molar refractivity (Wildman–Crippen MR) is 74.6 cm³/mol. The summed E-state index contributed by atoms with van der Waals surface area (Å²) in [7, 11) is 0. The van der Waals surface area contributed by atoms with Gasteiger partial charge in [-0.3, -0.25) is 0 Å². The van der Waals surface area contributed by atoms with E-state index in [1.807, 2.05) is 12.1 Å². The average molecular weight is 252 g/mol. The van der Waals surface area contributed by atoms with E-state index in [0.29, 0.717) is 11.5 Å². The first kappa shape index (κ1) is 12.9. The largest absolute Gasteiger partial charge is 0.313 e. The average Bonchev–Trinajstić information content (AvgIpc) is 2.35. The second-order valence-electron chi connectivity index (χ2n) is 5.61. The van der Waals surface area contributed by atoms with Gasteiger partial charge in [-0.05, 0) is 48.8 Å². The molecule has 94 valence electrons. The monoisotopic (exact) mass is 251 g/mol. The molecule has 1 aliphatic rings. The van der Waals surface area contributed by atoms with Crippen LogP contribution in [0.5, 0.6) is 0 Å². The summed E-state index contributed by atoms with van der Waals surface area (Å²) in [6.07, 6.45) is 5.02. The highest BCUT2D eigenvalue weighted by atomic mass is 35.5. The van der Waals surface area contributed by atoms with Crippen molar-refractivity contribution in [2.24, 2.45) is 5.41 Å². The molecular formula is C15H22ClN. The molecular weight excluding hydrogens is 230 g/mol. The van der Waals surface area contributed by atoms with Crippen LogP contribution < -0.4 is 5.32 Å². The van der Waals surface area contributed by atoms with Gasteiger partial charge in [0.05, 0.1) is 0 Å². The zero-order chi connectivity index (χ0) is 12.3. The highest BCUT2D eigenvalue weighted by molar-refractivity contribution is 6.30.